The summed E-state index contributed by atoms with van der Waals surface area (Å²) in [5, 5.41) is 0.586. The van der Waals surface area contributed by atoms with Crippen LogP contribution in [0.15, 0.2) is 18.2 Å². The fourth-order valence-electron chi connectivity index (χ4n) is 1.66. The predicted octanol–water partition coefficient (Wildman–Crippen LogP) is 2.18. The third-order valence-electron chi connectivity index (χ3n) is 2.66. The minimum Gasteiger partial charge on any atom is -0.397 e. The van der Waals surface area contributed by atoms with Gasteiger partial charge >= 0.3 is 0 Å². The number of hydrogen-bond donors (Lipinski definition) is 1. The maximum atomic E-state index is 11.6. The van der Waals surface area contributed by atoms with Gasteiger partial charge in [-0.1, -0.05) is 18.5 Å². The second-order valence-corrected chi connectivity index (χ2v) is 7.02. The summed E-state index contributed by atoms with van der Waals surface area (Å²) in [6.45, 7) is 2.27. The molecule has 6 heteroatoms. The lowest BCUT2D eigenvalue weighted by atomic mass is 10.2. The van der Waals surface area contributed by atoms with E-state index in [4.69, 9.17) is 17.3 Å². The van der Waals surface area contributed by atoms with Crippen molar-refractivity contribution in [3.05, 3.63) is 23.2 Å². The van der Waals surface area contributed by atoms with E-state index in [-0.39, 0.29) is 11.5 Å². The molecule has 0 aliphatic carbocycles. The minimum atomic E-state index is -2.97. The van der Waals surface area contributed by atoms with E-state index in [1.165, 1.54) is 0 Å². The van der Waals surface area contributed by atoms with Crippen LogP contribution in [0, 0.1) is 0 Å². The molecule has 0 heterocycles. The molecule has 1 rings (SSSR count). The van der Waals surface area contributed by atoms with Crippen molar-refractivity contribution in [3.8, 4) is 0 Å². The molecule has 0 saturated heterocycles. The molecule has 0 radical (unpaired) electrons. The lowest BCUT2D eigenvalue weighted by Gasteiger charge is -2.21. The SMILES string of the molecule is CCCS(=O)(=O)CCN(C)c1cc(Cl)ccc1N. The standard InChI is InChI=1S/C12H19ClN2O2S/c1-3-7-18(16,17)8-6-15(2)12-9-10(13)4-5-11(12)14/h4-5,9H,3,6-8,14H2,1-2H3. The van der Waals surface area contributed by atoms with E-state index < -0.39 is 9.84 Å². The van der Waals surface area contributed by atoms with Crippen LogP contribution in [-0.2, 0) is 9.84 Å². The molecule has 0 amide bonds. The maximum Gasteiger partial charge on any atom is 0.152 e. The zero-order chi connectivity index (χ0) is 13.8. The van der Waals surface area contributed by atoms with E-state index in [9.17, 15) is 8.42 Å². The number of anilines is 2. The molecule has 0 atom stereocenters. The summed E-state index contributed by atoms with van der Waals surface area (Å²) in [4.78, 5) is 1.81. The molecule has 18 heavy (non-hydrogen) atoms. The van der Waals surface area contributed by atoms with Crippen molar-refractivity contribution in [3.63, 3.8) is 0 Å². The number of benzene rings is 1. The molecule has 0 bridgehead atoms. The summed E-state index contributed by atoms with van der Waals surface area (Å²) in [7, 11) is -1.16. The van der Waals surface area contributed by atoms with Gasteiger partial charge in [-0.3, -0.25) is 0 Å². The third-order valence-corrected chi connectivity index (χ3v) is 4.73. The van der Waals surface area contributed by atoms with Crippen molar-refractivity contribution in [2.75, 3.05) is 35.7 Å². The average molecular weight is 291 g/mol. The molecule has 0 spiro atoms. The van der Waals surface area contributed by atoms with Crippen LogP contribution in [0.4, 0.5) is 11.4 Å². The molecule has 0 aliphatic rings. The van der Waals surface area contributed by atoms with Gasteiger partial charge in [0.2, 0.25) is 0 Å². The number of nitrogens with two attached hydrogens (primary N) is 1. The van der Waals surface area contributed by atoms with Crippen LogP contribution in [0.1, 0.15) is 13.3 Å². The largest absolute Gasteiger partial charge is 0.397 e. The molecule has 2 N–H and O–H groups in total. The molecule has 1 aromatic rings. The molecule has 0 aromatic heterocycles. The second kappa shape index (κ2) is 6.29. The van der Waals surface area contributed by atoms with E-state index in [0.29, 0.717) is 23.7 Å². The van der Waals surface area contributed by atoms with Crippen LogP contribution in [-0.4, -0.2) is 33.5 Å². The average Bonchev–Trinajstić information content (AvgIpc) is 2.29. The Hall–Kier alpha value is -0.940. The number of nitrogens with zero attached hydrogens (tertiary/aromatic N) is 1. The summed E-state index contributed by atoms with van der Waals surface area (Å²) in [6.07, 6.45) is 0.644. The van der Waals surface area contributed by atoms with Gasteiger partial charge in [0.15, 0.2) is 9.84 Å². The van der Waals surface area contributed by atoms with E-state index in [1.54, 1.807) is 18.2 Å². The topological polar surface area (TPSA) is 63.4 Å². The minimum absolute atomic E-state index is 0.128. The molecule has 4 nitrogen and oxygen atoms in total. The van der Waals surface area contributed by atoms with Crippen molar-refractivity contribution in [2.45, 2.75) is 13.3 Å². The fraction of sp³-hybridized carbons (Fsp3) is 0.500. The van der Waals surface area contributed by atoms with Gasteiger partial charge in [-0.15, -0.1) is 0 Å². The smallest absolute Gasteiger partial charge is 0.152 e. The molecule has 1 aromatic carbocycles. The summed E-state index contributed by atoms with van der Waals surface area (Å²) < 4.78 is 23.3. The van der Waals surface area contributed by atoms with Crippen molar-refractivity contribution < 1.29 is 8.42 Å². The lowest BCUT2D eigenvalue weighted by molar-refractivity contribution is 0.594. The normalized spacial score (nSPS) is 11.5. The van der Waals surface area contributed by atoms with Crippen LogP contribution in [0.2, 0.25) is 5.02 Å². The van der Waals surface area contributed by atoms with Crippen LogP contribution >= 0.6 is 11.6 Å². The number of rotatable bonds is 6. The van der Waals surface area contributed by atoms with Gasteiger partial charge in [0.05, 0.1) is 17.1 Å². The zero-order valence-electron chi connectivity index (χ0n) is 10.7. The van der Waals surface area contributed by atoms with Gasteiger partial charge in [-0.2, -0.15) is 0 Å². The van der Waals surface area contributed by atoms with Crippen molar-refractivity contribution in [1.82, 2.24) is 0 Å². The van der Waals surface area contributed by atoms with E-state index in [1.807, 2.05) is 18.9 Å². The summed E-state index contributed by atoms with van der Waals surface area (Å²) in [5.74, 6) is 0.356. The summed E-state index contributed by atoms with van der Waals surface area (Å²) >= 11 is 5.90. The highest BCUT2D eigenvalue weighted by Crippen LogP contribution is 2.25. The van der Waals surface area contributed by atoms with E-state index >= 15 is 0 Å². The monoisotopic (exact) mass is 290 g/mol. The first-order chi connectivity index (χ1) is 8.35. The van der Waals surface area contributed by atoms with E-state index in [0.717, 1.165) is 5.69 Å². The summed E-state index contributed by atoms with van der Waals surface area (Å²) in [6, 6.07) is 5.17. The maximum absolute atomic E-state index is 11.6. The Kier molecular flexibility index (Phi) is 5.28. The van der Waals surface area contributed by atoms with Crippen molar-refractivity contribution in [2.24, 2.45) is 0 Å². The highest BCUT2D eigenvalue weighted by molar-refractivity contribution is 7.91. The van der Waals surface area contributed by atoms with Gasteiger partial charge in [0, 0.05) is 24.4 Å². The highest BCUT2D eigenvalue weighted by atomic mass is 35.5. The Morgan fingerprint density at radius 2 is 2.00 bits per heavy atom. The van der Waals surface area contributed by atoms with Crippen LogP contribution in [0.25, 0.3) is 0 Å². The van der Waals surface area contributed by atoms with E-state index in [2.05, 4.69) is 0 Å². The number of hydrogen-bond acceptors (Lipinski definition) is 4. The van der Waals surface area contributed by atoms with Gasteiger partial charge in [0.25, 0.3) is 0 Å². The molecule has 0 saturated carbocycles. The molecule has 0 aliphatic heterocycles. The molecule has 0 unspecified atom stereocenters. The number of nitrogen functional groups attached to an aromatic ring is 1. The van der Waals surface area contributed by atoms with Crippen LogP contribution in [0.3, 0.4) is 0 Å². The Labute approximate surface area is 114 Å². The quantitative estimate of drug-likeness (QED) is 0.816. The molecule has 102 valence electrons. The Morgan fingerprint density at radius 1 is 1.33 bits per heavy atom. The Bertz CT molecular complexity index is 503. The first-order valence-electron chi connectivity index (χ1n) is 5.82. The Morgan fingerprint density at radius 3 is 2.61 bits per heavy atom. The lowest BCUT2D eigenvalue weighted by Crippen LogP contribution is -2.27. The van der Waals surface area contributed by atoms with Gasteiger partial charge < -0.3 is 10.6 Å². The zero-order valence-corrected chi connectivity index (χ0v) is 12.3. The first-order valence-corrected chi connectivity index (χ1v) is 8.02. The predicted molar refractivity (Wildman–Crippen MR) is 78.1 cm³/mol. The van der Waals surface area contributed by atoms with Crippen LogP contribution < -0.4 is 10.6 Å². The fourth-order valence-corrected chi connectivity index (χ4v) is 3.20. The number of sulfone groups is 1. The highest BCUT2D eigenvalue weighted by Gasteiger charge is 2.12. The third kappa shape index (κ3) is 4.38. The number of halogens is 1. The second-order valence-electron chi connectivity index (χ2n) is 4.28. The van der Waals surface area contributed by atoms with Crippen LogP contribution in [0.5, 0.6) is 0 Å². The van der Waals surface area contributed by atoms with Crippen molar-refractivity contribution >= 4 is 32.8 Å². The summed E-state index contributed by atoms with van der Waals surface area (Å²) in [5.41, 5.74) is 7.19. The van der Waals surface area contributed by atoms with Gasteiger partial charge in [0.1, 0.15) is 0 Å². The Balaban J connectivity index is 2.71. The van der Waals surface area contributed by atoms with Gasteiger partial charge in [-0.05, 0) is 24.6 Å². The molecular weight excluding hydrogens is 272 g/mol. The van der Waals surface area contributed by atoms with Crippen molar-refractivity contribution in [1.29, 1.82) is 0 Å². The first kappa shape index (κ1) is 15.1. The molecule has 0 fully saturated rings. The molecular formula is C12H19ClN2O2S. The van der Waals surface area contributed by atoms with Gasteiger partial charge in [-0.25, -0.2) is 8.42 Å².